The van der Waals surface area contributed by atoms with Crippen molar-refractivity contribution < 1.29 is 71.8 Å². The van der Waals surface area contributed by atoms with E-state index in [9.17, 15) is 33.3 Å². The minimum absolute atomic E-state index is 0.542. The molecule has 0 bridgehead atoms. The van der Waals surface area contributed by atoms with E-state index in [-0.39, 0.29) is 0 Å². The van der Waals surface area contributed by atoms with Gasteiger partial charge < -0.3 is 44.4 Å². The van der Waals surface area contributed by atoms with Gasteiger partial charge in [-0.15, -0.1) is 0 Å². The number of halogens is 1. The summed E-state index contributed by atoms with van der Waals surface area (Å²) in [7, 11) is -10.9. The summed E-state index contributed by atoms with van der Waals surface area (Å²) in [5.74, 6) is -7.96. The number of phosphoric acid groups is 2. The summed E-state index contributed by atoms with van der Waals surface area (Å²) in [6, 6.07) is 0. The van der Waals surface area contributed by atoms with Crippen LogP contribution >= 0.6 is 15.6 Å². The normalized spacial score (nSPS) is 26.1. The van der Waals surface area contributed by atoms with Crippen LogP contribution in [0.2, 0.25) is 0 Å². The van der Waals surface area contributed by atoms with E-state index in [2.05, 4.69) is 13.8 Å². The maximum Gasteiger partial charge on any atom is 0.472 e. The molecule has 0 spiro atoms. The average molecular weight is 439 g/mol. The van der Waals surface area contributed by atoms with Gasteiger partial charge in [0.15, 0.2) is 6.67 Å². The first-order chi connectivity index (χ1) is 12.1. The molecule has 17 heteroatoms. The summed E-state index contributed by atoms with van der Waals surface area (Å²) in [5.41, 5.74) is -0.780. The lowest BCUT2D eigenvalue weighted by Gasteiger charge is -2.38. The molecule has 0 radical (unpaired) electrons. The van der Waals surface area contributed by atoms with Gasteiger partial charge in [-0.3, -0.25) is 4.52 Å². The smallest absolute Gasteiger partial charge is 0.472 e. The first-order valence-corrected chi connectivity index (χ1v) is 9.74. The van der Waals surface area contributed by atoms with Crippen molar-refractivity contribution in [3.63, 3.8) is 0 Å². The molecule has 6 N–H and O–H groups in total. The number of alkyl halides is 1. The van der Waals surface area contributed by atoms with Crippen molar-refractivity contribution >= 4 is 27.6 Å². The number of hydrogen-bond donors (Lipinski definition) is 6. The fourth-order valence-electron chi connectivity index (χ4n) is 2.09. The van der Waals surface area contributed by atoms with Crippen LogP contribution in [0.4, 0.5) is 4.39 Å². The maximum absolute atomic E-state index is 13.2. The van der Waals surface area contributed by atoms with E-state index >= 15 is 0 Å². The zero-order valence-electron chi connectivity index (χ0n) is 12.9. The first kappa shape index (κ1) is 23.8. The van der Waals surface area contributed by atoms with Crippen LogP contribution in [0.3, 0.4) is 0 Å². The van der Waals surface area contributed by atoms with E-state index in [1.807, 2.05) is 0 Å². The van der Waals surface area contributed by atoms with Gasteiger partial charge in [0.05, 0.1) is 12.1 Å². The van der Waals surface area contributed by atoms with E-state index in [1.54, 1.807) is 0 Å². The molecule has 1 aliphatic carbocycles. The number of carbonyl (C=O) groups excluding carboxylic acids is 1. The molecule has 27 heavy (non-hydrogen) atoms. The van der Waals surface area contributed by atoms with Gasteiger partial charge in [0.2, 0.25) is 0 Å². The van der Waals surface area contributed by atoms with Gasteiger partial charge in [-0.05, 0) is 11.6 Å². The fourth-order valence-corrected chi connectivity index (χ4v) is 3.15. The largest absolute Gasteiger partial charge is 0.545 e. The third kappa shape index (κ3) is 6.69. The van der Waals surface area contributed by atoms with Crippen molar-refractivity contribution in [3.8, 4) is 0 Å². The highest BCUT2D eigenvalue weighted by Gasteiger charge is 2.51. The van der Waals surface area contributed by atoms with Gasteiger partial charge in [0.25, 0.3) is 0 Å². The molecule has 0 saturated heterocycles. The third-order valence-electron chi connectivity index (χ3n) is 3.14. The SMILES string of the molecule is O=C([O-])C1=C[C@@H](OP(=O)(O)O)[C@@H](O)[C@H](O[C@](CF)(OP(=O)(O)O)C(=O)O)C1. The highest BCUT2D eigenvalue weighted by Crippen LogP contribution is 2.45. The quantitative estimate of drug-likeness (QED) is 0.157. The van der Waals surface area contributed by atoms with Gasteiger partial charge >= 0.3 is 27.4 Å². The predicted octanol–water partition coefficient (Wildman–Crippen LogP) is -2.85. The van der Waals surface area contributed by atoms with Gasteiger partial charge in [-0.2, -0.15) is 0 Å². The summed E-state index contributed by atoms with van der Waals surface area (Å²) in [6.07, 6.45) is -6.70. The molecule has 0 heterocycles. The van der Waals surface area contributed by atoms with Crippen molar-refractivity contribution in [2.75, 3.05) is 6.67 Å². The minimum Gasteiger partial charge on any atom is -0.545 e. The van der Waals surface area contributed by atoms with Crippen molar-refractivity contribution in [2.24, 2.45) is 0 Å². The predicted molar refractivity (Wildman–Crippen MR) is 75.0 cm³/mol. The van der Waals surface area contributed by atoms with Crippen LogP contribution in [0, 0.1) is 0 Å². The number of rotatable bonds is 9. The summed E-state index contributed by atoms with van der Waals surface area (Å²) in [5, 5.41) is 30.0. The Balaban J connectivity index is 3.27. The molecule has 0 aromatic carbocycles. The second kappa shape index (κ2) is 8.41. The molecule has 0 saturated carbocycles. The minimum atomic E-state index is -5.65. The first-order valence-electron chi connectivity index (χ1n) is 6.68. The molecule has 4 atom stereocenters. The lowest BCUT2D eigenvalue weighted by Crippen LogP contribution is -2.54. The summed E-state index contributed by atoms with van der Waals surface area (Å²) < 4.78 is 47.6. The molecule has 156 valence electrons. The fraction of sp³-hybridized carbons (Fsp3) is 0.600. The maximum atomic E-state index is 13.2. The molecule has 0 fully saturated rings. The van der Waals surface area contributed by atoms with E-state index in [1.165, 1.54) is 0 Å². The average Bonchev–Trinajstić information content (AvgIpc) is 2.47. The topological polar surface area (TPSA) is 240 Å². The Morgan fingerprint density at radius 3 is 2.19 bits per heavy atom. The number of carboxylic acids is 2. The number of carboxylic acid groups (broad SMARTS) is 2. The number of ether oxygens (including phenoxy) is 1. The standard InChI is InChI=1S/C10H15FO14P2/c11-3-10(9(15)16,25-27(20,21)22)23-5-1-4(8(13)14)2-6(7(5)12)24-26(17,18)19/h2,5-7,12H,1,3H2,(H,13,14)(H,15,16)(H2,17,18,19)(H2,20,21,22)/p-1/t5-,6-,7+,10-/m1/s1. The highest BCUT2D eigenvalue weighted by molar-refractivity contribution is 7.46. The molecule has 0 amide bonds. The monoisotopic (exact) mass is 439 g/mol. The molecule has 14 nitrogen and oxygen atoms in total. The molecule has 1 aliphatic rings. The lowest BCUT2D eigenvalue weighted by atomic mass is 9.92. The molecule has 1 rings (SSSR count). The summed E-state index contributed by atoms with van der Waals surface area (Å²) in [4.78, 5) is 57.3. The second-order valence-corrected chi connectivity index (χ2v) is 7.52. The van der Waals surface area contributed by atoms with Crippen molar-refractivity contribution in [3.05, 3.63) is 11.6 Å². The van der Waals surface area contributed by atoms with Crippen LogP contribution in [0.15, 0.2) is 11.6 Å². The van der Waals surface area contributed by atoms with Crippen molar-refractivity contribution in [1.29, 1.82) is 0 Å². The Kier molecular flexibility index (Phi) is 7.41. The number of aliphatic hydroxyl groups excluding tert-OH is 1. The number of carbonyl (C=O) groups is 2. The third-order valence-corrected chi connectivity index (χ3v) is 4.19. The van der Waals surface area contributed by atoms with Crippen LogP contribution in [-0.4, -0.2) is 72.5 Å². The zero-order valence-corrected chi connectivity index (χ0v) is 14.7. The van der Waals surface area contributed by atoms with Crippen LogP contribution in [0.1, 0.15) is 6.42 Å². The molecule has 0 aromatic rings. The zero-order chi connectivity index (χ0) is 21.2. The molecule has 0 aliphatic heterocycles. The van der Waals surface area contributed by atoms with E-state index < -0.39 is 70.4 Å². The molecule has 0 unspecified atom stereocenters. The van der Waals surface area contributed by atoms with Crippen LogP contribution in [-0.2, 0) is 32.5 Å². The Labute approximate surface area is 149 Å². The van der Waals surface area contributed by atoms with Crippen LogP contribution < -0.4 is 5.11 Å². The van der Waals surface area contributed by atoms with Gasteiger partial charge in [0.1, 0.15) is 12.2 Å². The van der Waals surface area contributed by atoms with Gasteiger partial charge in [-0.25, -0.2) is 22.8 Å². The van der Waals surface area contributed by atoms with E-state index in [0.29, 0.717) is 6.08 Å². The van der Waals surface area contributed by atoms with Gasteiger partial charge in [-0.1, -0.05) is 0 Å². The van der Waals surface area contributed by atoms with Gasteiger partial charge in [0, 0.05) is 6.42 Å². The van der Waals surface area contributed by atoms with Crippen molar-refractivity contribution in [2.45, 2.75) is 30.5 Å². The number of hydrogen-bond acceptors (Lipinski definition) is 9. The Bertz CT molecular complexity index is 711. The Morgan fingerprint density at radius 2 is 1.81 bits per heavy atom. The number of aliphatic hydroxyl groups is 1. The Hall–Kier alpha value is -1.25. The van der Waals surface area contributed by atoms with Crippen LogP contribution in [0.25, 0.3) is 0 Å². The number of phosphoric ester groups is 2. The second-order valence-electron chi connectivity index (χ2n) is 5.16. The van der Waals surface area contributed by atoms with E-state index in [0.717, 1.165) is 0 Å². The van der Waals surface area contributed by atoms with Crippen molar-refractivity contribution in [1.82, 2.24) is 0 Å². The Morgan fingerprint density at radius 1 is 1.26 bits per heavy atom. The van der Waals surface area contributed by atoms with Crippen LogP contribution in [0.5, 0.6) is 0 Å². The highest BCUT2D eigenvalue weighted by atomic mass is 31.2. The lowest BCUT2D eigenvalue weighted by molar-refractivity contribution is -0.301. The van der Waals surface area contributed by atoms with E-state index in [4.69, 9.17) is 24.7 Å². The molecular weight excluding hydrogens is 425 g/mol. The summed E-state index contributed by atoms with van der Waals surface area (Å²) >= 11 is 0. The molecular formula is C10H14FO14P2-. The number of aliphatic carboxylic acids is 2. The summed E-state index contributed by atoms with van der Waals surface area (Å²) in [6.45, 7) is -2.19. The molecule has 0 aromatic heterocycles.